The van der Waals surface area contributed by atoms with Crippen LogP contribution in [0.5, 0.6) is 0 Å². The molecule has 0 aromatic carbocycles. The number of nitrogens with one attached hydrogen (secondary N) is 2. The Morgan fingerprint density at radius 2 is 1.16 bits per heavy atom. The van der Waals surface area contributed by atoms with Crippen molar-refractivity contribution in [2.75, 3.05) is 37.8 Å². The minimum Gasteiger partial charge on any atom is -0.395 e. The Kier molecular flexibility index (Phi) is 10.5. The van der Waals surface area contributed by atoms with Gasteiger partial charge in [0.1, 0.15) is 0 Å². The summed E-state index contributed by atoms with van der Waals surface area (Å²) in [6.07, 6.45) is 0. The average molecular weight is 396 g/mol. The van der Waals surface area contributed by atoms with Gasteiger partial charge in [-0.15, -0.1) is 0 Å². The lowest BCUT2D eigenvalue weighted by atomic mass is 9.65. The zero-order chi connectivity index (χ0) is 19.6. The van der Waals surface area contributed by atoms with Gasteiger partial charge in [-0.05, 0) is 0 Å². The van der Waals surface area contributed by atoms with Gasteiger partial charge in [-0.1, -0.05) is 0 Å². The Morgan fingerprint density at radius 3 is 1.36 bits per heavy atom. The van der Waals surface area contributed by atoms with Crippen molar-refractivity contribution in [1.82, 2.24) is 10.6 Å². The number of carbonyl (C=O) groups is 4. The van der Waals surface area contributed by atoms with E-state index in [0.29, 0.717) is 0 Å². The maximum atomic E-state index is 12.4. The molecule has 144 valence electrons. The Bertz CT molecular complexity index is 461. The fourth-order valence-corrected chi connectivity index (χ4v) is 3.43. The van der Waals surface area contributed by atoms with E-state index in [-0.39, 0.29) is 37.8 Å². The van der Waals surface area contributed by atoms with E-state index in [1.54, 1.807) is 0 Å². The Hall–Kier alpha value is -1.50. The first kappa shape index (κ1) is 23.5. The van der Waals surface area contributed by atoms with Gasteiger partial charge in [0.15, 0.2) is 5.41 Å². The fourth-order valence-electron chi connectivity index (χ4n) is 2.52. The highest BCUT2D eigenvalue weighted by molar-refractivity contribution is 7.80. The van der Waals surface area contributed by atoms with Crippen LogP contribution in [0.4, 0.5) is 0 Å². The molecule has 0 spiro atoms. The topological polar surface area (TPSA) is 185 Å². The van der Waals surface area contributed by atoms with Crippen LogP contribution in [0, 0.1) is 17.3 Å². The van der Waals surface area contributed by atoms with Crippen molar-refractivity contribution in [3.8, 4) is 0 Å². The summed E-state index contributed by atoms with van der Waals surface area (Å²) < 4.78 is 0. The predicted octanol–water partition coefficient (Wildman–Crippen LogP) is -3.75. The SMILES string of the molecule is NC(=O)C(C(N)=O)(C(CS)C(=O)NCCO)C(CS)C(=O)NCCO. The lowest BCUT2D eigenvalue weighted by Gasteiger charge is -2.38. The molecule has 2 unspecified atom stereocenters. The average Bonchev–Trinajstić information content (AvgIpc) is 2.56. The molecule has 0 bridgehead atoms. The van der Waals surface area contributed by atoms with E-state index >= 15 is 0 Å². The van der Waals surface area contributed by atoms with Gasteiger partial charge in [-0.25, -0.2) is 0 Å². The maximum Gasteiger partial charge on any atom is 0.234 e. The van der Waals surface area contributed by atoms with Gasteiger partial charge in [0, 0.05) is 24.6 Å². The number of carbonyl (C=O) groups excluding carboxylic acids is 4. The third-order valence-corrected chi connectivity index (χ3v) is 4.47. The van der Waals surface area contributed by atoms with E-state index in [0.717, 1.165) is 0 Å². The molecule has 0 fully saturated rings. The third-order valence-electron chi connectivity index (χ3n) is 3.73. The zero-order valence-corrected chi connectivity index (χ0v) is 15.3. The number of aliphatic hydroxyl groups is 2. The van der Waals surface area contributed by atoms with Crippen molar-refractivity contribution in [3.63, 3.8) is 0 Å². The summed E-state index contributed by atoms with van der Waals surface area (Å²) in [4.78, 5) is 49.2. The zero-order valence-electron chi connectivity index (χ0n) is 13.5. The van der Waals surface area contributed by atoms with Crippen molar-refractivity contribution >= 4 is 48.9 Å². The van der Waals surface area contributed by atoms with Crippen LogP contribution in [-0.4, -0.2) is 71.7 Å². The molecule has 4 amide bonds. The molecule has 10 nitrogen and oxygen atoms in total. The number of aliphatic hydroxyl groups excluding tert-OH is 2. The van der Waals surface area contributed by atoms with Gasteiger partial charge >= 0.3 is 0 Å². The Labute approximate surface area is 155 Å². The molecule has 0 rings (SSSR count). The summed E-state index contributed by atoms with van der Waals surface area (Å²) in [6, 6.07) is 0. The molecule has 2 atom stereocenters. The molecule has 12 heteroatoms. The minimum absolute atomic E-state index is 0.140. The minimum atomic E-state index is -2.39. The van der Waals surface area contributed by atoms with E-state index in [1.807, 2.05) is 0 Å². The van der Waals surface area contributed by atoms with Gasteiger partial charge < -0.3 is 32.3 Å². The van der Waals surface area contributed by atoms with Gasteiger partial charge in [0.2, 0.25) is 23.6 Å². The van der Waals surface area contributed by atoms with Gasteiger partial charge in [0.25, 0.3) is 0 Å². The van der Waals surface area contributed by atoms with Crippen LogP contribution in [-0.2, 0) is 19.2 Å². The molecule has 8 N–H and O–H groups in total. The fraction of sp³-hybridized carbons (Fsp3) is 0.692. The molecule has 0 aliphatic heterocycles. The van der Waals surface area contributed by atoms with Gasteiger partial charge in [-0.2, -0.15) is 25.3 Å². The van der Waals surface area contributed by atoms with Crippen molar-refractivity contribution in [2.24, 2.45) is 28.7 Å². The molecule has 0 heterocycles. The first-order chi connectivity index (χ1) is 11.7. The lowest BCUT2D eigenvalue weighted by Crippen LogP contribution is -2.64. The van der Waals surface area contributed by atoms with Crippen LogP contribution in [0.1, 0.15) is 0 Å². The number of primary amides is 2. The summed E-state index contributed by atoms with van der Waals surface area (Å²) in [5, 5.41) is 22.2. The molecule has 0 aromatic heterocycles. The first-order valence-corrected chi connectivity index (χ1v) is 8.60. The summed E-state index contributed by atoms with van der Waals surface area (Å²) in [5.74, 6) is -7.73. The largest absolute Gasteiger partial charge is 0.395 e. The van der Waals surface area contributed by atoms with Gasteiger partial charge in [-0.3, -0.25) is 19.2 Å². The number of hydrogen-bond acceptors (Lipinski definition) is 8. The second kappa shape index (κ2) is 11.2. The summed E-state index contributed by atoms with van der Waals surface area (Å²) >= 11 is 7.99. The summed E-state index contributed by atoms with van der Waals surface area (Å²) in [5.41, 5.74) is 8.40. The van der Waals surface area contributed by atoms with E-state index in [1.165, 1.54) is 0 Å². The van der Waals surface area contributed by atoms with E-state index in [4.69, 9.17) is 21.7 Å². The van der Waals surface area contributed by atoms with Crippen LogP contribution in [0.25, 0.3) is 0 Å². The maximum absolute atomic E-state index is 12.4. The third kappa shape index (κ3) is 5.23. The number of nitrogens with two attached hydrogens (primary N) is 2. The van der Waals surface area contributed by atoms with Gasteiger partial charge in [0.05, 0.1) is 25.0 Å². The van der Waals surface area contributed by atoms with Crippen LogP contribution < -0.4 is 22.1 Å². The molecule has 0 saturated heterocycles. The highest BCUT2D eigenvalue weighted by Gasteiger charge is 2.59. The van der Waals surface area contributed by atoms with Crippen molar-refractivity contribution in [3.05, 3.63) is 0 Å². The number of hydrogen-bond donors (Lipinski definition) is 8. The molecule has 25 heavy (non-hydrogen) atoms. The molecule has 0 aliphatic carbocycles. The highest BCUT2D eigenvalue weighted by atomic mass is 32.1. The van der Waals surface area contributed by atoms with Crippen LogP contribution in [0.2, 0.25) is 0 Å². The number of rotatable bonds is 12. The molecular weight excluding hydrogens is 372 g/mol. The summed E-state index contributed by atoms with van der Waals surface area (Å²) in [7, 11) is 0. The van der Waals surface area contributed by atoms with Crippen LogP contribution in [0.15, 0.2) is 0 Å². The Morgan fingerprint density at radius 1 is 0.840 bits per heavy atom. The van der Waals surface area contributed by atoms with Crippen molar-refractivity contribution in [1.29, 1.82) is 0 Å². The van der Waals surface area contributed by atoms with E-state index < -0.39 is 40.9 Å². The number of amides is 4. The standard InChI is InChI=1S/C13H24N4O6S2/c14-11(22)13(12(15)23,7(5-24)9(20)16-1-3-18)8(6-25)10(21)17-2-4-19/h7-8,18-19,24-25H,1-6H2,(H2,14,22)(H2,15,23)(H,16,20)(H,17,21). The molecule has 0 aliphatic rings. The molecule has 0 radical (unpaired) electrons. The molecular formula is C13H24N4O6S2. The van der Waals surface area contributed by atoms with Crippen molar-refractivity contribution in [2.45, 2.75) is 0 Å². The van der Waals surface area contributed by atoms with E-state index in [9.17, 15) is 19.2 Å². The monoisotopic (exact) mass is 396 g/mol. The lowest BCUT2D eigenvalue weighted by molar-refractivity contribution is -0.157. The van der Waals surface area contributed by atoms with E-state index in [2.05, 4.69) is 35.9 Å². The summed E-state index contributed by atoms with van der Waals surface area (Å²) in [6.45, 7) is -1.03. The Balaban J connectivity index is 6.14. The van der Waals surface area contributed by atoms with Crippen LogP contribution >= 0.6 is 25.3 Å². The second-order valence-electron chi connectivity index (χ2n) is 5.10. The normalized spacial score (nSPS) is 13.6. The molecule has 0 saturated carbocycles. The van der Waals surface area contributed by atoms with Crippen molar-refractivity contribution < 1.29 is 29.4 Å². The smallest absolute Gasteiger partial charge is 0.234 e. The highest BCUT2D eigenvalue weighted by Crippen LogP contribution is 2.38. The quantitative estimate of drug-likeness (QED) is 0.124. The van der Waals surface area contributed by atoms with Crippen LogP contribution in [0.3, 0.4) is 0 Å². The molecule has 0 aromatic rings. The number of thiol groups is 2. The predicted molar refractivity (Wildman–Crippen MR) is 95.7 cm³/mol. The second-order valence-corrected chi connectivity index (χ2v) is 5.83. The first-order valence-electron chi connectivity index (χ1n) is 7.34.